The molecule has 10 aromatic rings. The van der Waals surface area contributed by atoms with Crippen LogP contribution in [0, 0.1) is 0 Å². The van der Waals surface area contributed by atoms with E-state index in [9.17, 15) is 0 Å². The van der Waals surface area contributed by atoms with Crippen LogP contribution in [-0.2, 0) is 0 Å². The van der Waals surface area contributed by atoms with Crippen LogP contribution < -0.4 is 47.7 Å². The Bertz CT molecular complexity index is 2540. The maximum atomic E-state index is 5.42. The molecule has 1 nitrogen and oxygen atoms in total. The molecule has 300 valence electrons. The number of nitrogens with zero attached hydrogens (tertiary/aromatic N) is 1. The number of aromatic nitrogens is 1. The van der Waals surface area contributed by atoms with Gasteiger partial charge in [0.25, 0.3) is 0 Å². The quantitative estimate of drug-likeness (QED) is 0.112. The highest BCUT2D eigenvalue weighted by molar-refractivity contribution is 7.80. The van der Waals surface area contributed by atoms with Crippen molar-refractivity contribution in [2.45, 2.75) is 0 Å². The second kappa shape index (κ2) is 19.2. The normalized spacial score (nSPS) is 11.3. The predicted octanol–water partition coefficient (Wildman–Crippen LogP) is 11.4. The first-order valence-electron chi connectivity index (χ1n) is 21.3. The van der Waals surface area contributed by atoms with E-state index in [1.54, 1.807) is 0 Å². The summed E-state index contributed by atoms with van der Waals surface area (Å²) in [6.45, 7) is 0. The molecule has 0 amide bonds. The van der Waals surface area contributed by atoms with Gasteiger partial charge in [-0.25, -0.2) is 4.98 Å². The summed E-state index contributed by atoms with van der Waals surface area (Å²) in [5.41, 5.74) is 6.42. The zero-order valence-corrected chi connectivity index (χ0v) is 37.4. The van der Waals surface area contributed by atoms with Crippen LogP contribution in [0.2, 0.25) is 0 Å². The number of hydrogen-bond donors (Lipinski definition) is 0. The van der Waals surface area contributed by atoms with Crippen molar-refractivity contribution in [1.82, 2.24) is 4.98 Å². The van der Waals surface area contributed by atoms with Gasteiger partial charge in [0.05, 0.1) is 11.4 Å². The third kappa shape index (κ3) is 9.16. The lowest BCUT2D eigenvalue weighted by Crippen LogP contribution is -2.20. The van der Waals surface area contributed by atoms with Crippen molar-refractivity contribution in [2.24, 2.45) is 0 Å². The Balaban J connectivity index is 1.05. The van der Waals surface area contributed by atoms with E-state index < -0.39 is 23.8 Å². The molecule has 0 saturated heterocycles. The van der Waals surface area contributed by atoms with Crippen molar-refractivity contribution in [3.05, 3.63) is 267 Å². The van der Waals surface area contributed by atoms with Crippen LogP contribution in [-0.4, -0.2) is 4.98 Å². The molecule has 1 aromatic heterocycles. The van der Waals surface area contributed by atoms with Crippen LogP contribution in [0.15, 0.2) is 267 Å². The van der Waals surface area contributed by atoms with Crippen molar-refractivity contribution >= 4 is 71.5 Å². The highest BCUT2D eigenvalue weighted by Gasteiger charge is 2.20. The van der Waals surface area contributed by atoms with Gasteiger partial charge in [-0.15, -0.1) is 0 Å². The second-order valence-electron chi connectivity index (χ2n) is 15.3. The third-order valence-corrected chi connectivity index (χ3v) is 18.5. The summed E-state index contributed by atoms with van der Waals surface area (Å²) in [5.74, 6) is 0. The molecule has 0 unspecified atom stereocenters. The molecule has 4 heteroatoms. The van der Waals surface area contributed by atoms with E-state index in [1.165, 1.54) is 53.3 Å². The van der Waals surface area contributed by atoms with Gasteiger partial charge < -0.3 is 0 Å². The molecule has 0 N–H and O–H groups in total. The lowest BCUT2D eigenvalue weighted by atomic mass is 10.00. The van der Waals surface area contributed by atoms with E-state index in [-0.39, 0.29) is 0 Å². The first-order valence-corrected chi connectivity index (χ1v) is 25.3. The first-order chi connectivity index (χ1) is 31.2. The maximum Gasteiger partial charge on any atom is 0.0715 e. The van der Waals surface area contributed by atoms with Gasteiger partial charge in [-0.3, -0.25) is 0 Å². The van der Waals surface area contributed by atoms with Gasteiger partial charge in [-0.05, 0) is 94.8 Å². The maximum absolute atomic E-state index is 5.42. The molecule has 0 aliphatic rings. The van der Waals surface area contributed by atoms with Gasteiger partial charge in [-0.1, -0.05) is 255 Å². The lowest BCUT2D eigenvalue weighted by molar-refractivity contribution is 1.32. The van der Waals surface area contributed by atoms with Gasteiger partial charge in [-0.2, -0.15) is 0 Å². The van der Waals surface area contributed by atoms with Crippen molar-refractivity contribution in [2.75, 3.05) is 0 Å². The smallest absolute Gasteiger partial charge is 0.0715 e. The van der Waals surface area contributed by atoms with Crippen LogP contribution >= 0.6 is 23.8 Å². The minimum absolute atomic E-state index is 0.706. The van der Waals surface area contributed by atoms with Gasteiger partial charge >= 0.3 is 0 Å². The topological polar surface area (TPSA) is 12.9 Å². The Kier molecular flexibility index (Phi) is 12.3. The molecule has 63 heavy (non-hydrogen) atoms. The lowest BCUT2D eigenvalue weighted by Gasteiger charge is -2.20. The molecule has 0 spiro atoms. The summed E-state index contributed by atoms with van der Waals surface area (Å²) in [6, 6.07) is 97.5. The fourth-order valence-electron chi connectivity index (χ4n) is 8.16. The summed E-state index contributed by atoms with van der Waals surface area (Å²) in [4.78, 5) is 5.42. The largest absolute Gasteiger partial charge is 0.248 e. The summed E-state index contributed by atoms with van der Waals surface area (Å²) in [6.07, 6.45) is 0. The average molecular weight is 860 g/mol. The first kappa shape index (κ1) is 40.5. The van der Waals surface area contributed by atoms with Crippen LogP contribution in [0.4, 0.5) is 0 Å². The number of pyridine rings is 1. The summed E-state index contributed by atoms with van der Waals surface area (Å²) >= 11 is 0. The summed E-state index contributed by atoms with van der Waals surface area (Å²) < 4.78 is 0. The van der Waals surface area contributed by atoms with Gasteiger partial charge in [0.1, 0.15) is 0 Å². The van der Waals surface area contributed by atoms with Crippen LogP contribution in [0.25, 0.3) is 33.6 Å². The SMILES string of the molecule is c1ccc(P(c2ccccc2)c2ccc(-c3cc(-c4ccc(P(c5ccccc5)c5ccccc5)cc4)nc(-c4ccc(P(c5ccccc5)c5ccccc5)cc4)c3)cc2)cc1. The molecule has 0 fully saturated rings. The molecule has 9 aromatic carbocycles. The molecular weight excluding hydrogens is 816 g/mol. The van der Waals surface area contributed by atoms with Crippen LogP contribution in [0.3, 0.4) is 0 Å². The third-order valence-electron chi connectivity index (χ3n) is 11.2. The molecule has 0 saturated carbocycles. The number of benzene rings is 9. The predicted molar refractivity (Wildman–Crippen MR) is 277 cm³/mol. The highest BCUT2D eigenvalue weighted by atomic mass is 31.1. The van der Waals surface area contributed by atoms with Crippen LogP contribution in [0.5, 0.6) is 0 Å². The highest BCUT2D eigenvalue weighted by Crippen LogP contribution is 2.38. The fraction of sp³-hybridized carbons (Fsp3) is 0. The van der Waals surface area contributed by atoms with Gasteiger partial charge in [0, 0.05) is 11.1 Å². The summed E-state index contributed by atoms with van der Waals surface area (Å²) in [5, 5.41) is 12.0. The molecule has 0 bridgehead atoms. The zero-order chi connectivity index (χ0) is 42.2. The monoisotopic (exact) mass is 859 g/mol. The average Bonchev–Trinajstić information content (AvgIpc) is 3.37. The Morgan fingerprint density at radius 2 is 0.397 bits per heavy atom. The Morgan fingerprint density at radius 3 is 0.635 bits per heavy atom. The second-order valence-corrected chi connectivity index (χ2v) is 21.9. The van der Waals surface area contributed by atoms with E-state index in [2.05, 4.69) is 267 Å². The van der Waals surface area contributed by atoms with E-state index in [0.29, 0.717) is 0 Å². The number of rotatable bonds is 12. The van der Waals surface area contributed by atoms with Crippen LogP contribution in [0.1, 0.15) is 0 Å². The molecule has 0 atom stereocenters. The number of hydrogen-bond acceptors (Lipinski definition) is 1. The standard InChI is InChI=1S/C59H44NP3/c1-7-19-49(20-8-1)61(50-21-9-2-10-22-50)55-37-31-45(32-38-55)48-43-58(46-33-39-56(40-34-46)62(51-23-11-3-12-24-51)52-25-13-4-14-26-52)60-59(44-48)47-35-41-57(42-36-47)63(53-27-15-5-16-28-53)54-29-17-6-18-30-54/h1-44H. The Morgan fingerprint density at radius 1 is 0.190 bits per heavy atom. The fourth-order valence-corrected chi connectivity index (χ4v) is 15.0. The molecule has 10 rings (SSSR count). The van der Waals surface area contributed by atoms with Gasteiger partial charge in [0.15, 0.2) is 0 Å². The van der Waals surface area contributed by atoms with Crippen molar-refractivity contribution in [1.29, 1.82) is 0 Å². The van der Waals surface area contributed by atoms with Crippen molar-refractivity contribution < 1.29 is 0 Å². The summed E-state index contributed by atoms with van der Waals surface area (Å²) in [7, 11) is -2.14. The molecule has 0 aliphatic heterocycles. The van der Waals surface area contributed by atoms with E-state index in [4.69, 9.17) is 4.98 Å². The van der Waals surface area contributed by atoms with Crippen molar-refractivity contribution in [3.63, 3.8) is 0 Å². The minimum Gasteiger partial charge on any atom is -0.248 e. The molecule has 1 heterocycles. The van der Waals surface area contributed by atoms with Crippen molar-refractivity contribution in [3.8, 4) is 33.6 Å². The van der Waals surface area contributed by atoms with Gasteiger partial charge in [0.2, 0.25) is 0 Å². The molecule has 0 radical (unpaired) electrons. The Hall–Kier alpha value is -6.58. The van der Waals surface area contributed by atoms with E-state index in [1.807, 2.05) is 0 Å². The Labute approximate surface area is 375 Å². The van der Waals surface area contributed by atoms with E-state index >= 15 is 0 Å². The zero-order valence-electron chi connectivity index (χ0n) is 34.7. The minimum atomic E-state index is -0.715. The molecule has 0 aliphatic carbocycles. The van der Waals surface area contributed by atoms with E-state index in [0.717, 1.165) is 28.1 Å². The molecular formula is C59H44NP3.